The molecule has 108 valence electrons. The number of rotatable bonds is 7. The number of amides is 1. The van der Waals surface area contributed by atoms with E-state index in [0.29, 0.717) is 13.2 Å². The molecule has 19 heavy (non-hydrogen) atoms. The second-order valence-corrected chi connectivity index (χ2v) is 3.86. The fourth-order valence-corrected chi connectivity index (χ4v) is 1.49. The van der Waals surface area contributed by atoms with Gasteiger partial charge in [-0.15, -0.1) is 12.4 Å². The third kappa shape index (κ3) is 6.42. The largest absolute Gasteiger partial charge is 0.494 e. The molecular formula is C13H21ClN2O3. The maximum Gasteiger partial charge on any atom is 0.239 e. The predicted octanol–water partition coefficient (Wildman–Crippen LogP) is 1.10. The zero-order valence-electron chi connectivity index (χ0n) is 11.2. The van der Waals surface area contributed by atoms with Crippen molar-refractivity contribution in [3.63, 3.8) is 0 Å². The van der Waals surface area contributed by atoms with Crippen molar-refractivity contribution in [2.24, 2.45) is 5.73 Å². The Morgan fingerprint density at radius 1 is 1.47 bits per heavy atom. The monoisotopic (exact) mass is 288 g/mol. The van der Waals surface area contributed by atoms with E-state index in [2.05, 4.69) is 5.32 Å². The van der Waals surface area contributed by atoms with E-state index in [1.807, 2.05) is 31.2 Å². The molecule has 1 aromatic carbocycles. The Hall–Kier alpha value is -1.30. The normalized spacial score (nSPS) is 11.3. The van der Waals surface area contributed by atoms with Gasteiger partial charge in [0, 0.05) is 13.7 Å². The van der Waals surface area contributed by atoms with Crippen molar-refractivity contribution in [3.8, 4) is 5.75 Å². The van der Waals surface area contributed by atoms with Gasteiger partial charge in [0.25, 0.3) is 0 Å². The number of ether oxygens (including phenoxy) is 2. The first-order chi connectivity index (χ1) is 8.67. The van der Waals surface area contributed by atoms with Gasteiger partial charge in [0.05, 0.1) is 13.2 Å². The molecule has 3 N–H and O–H groups in total. The first kappa shape index (κ1) is 17.7. The zero-order valence-corrected chi connectivity index (χ0v) is 12.0. The smallest absolute Gasteiger partial charge is 0.239 e. The molecule has 1 amide bonds. The molecule has 0 heterocycles. The van der Waals surface area contributed by atoms with Crippen molar-refractivity contribution in [1.82, 2.24) is 5.32 Å². The number of methoxy groups -OCH3 is 1. The molecule has 0 aliphatic rings. The number of carbonyl (C=O) groups excluding carboxylic acids is 1. The second-order valence-electron chi connectivity index (χ2n) is 3.86. The number of carbonyl (C=O) groups is 1. The van der Waals surface area contributed by atoms with Crippen LogP contribution >= 0.6 is 12.4 Å². The van der Waals surface area contributed by atoms with Crippen molar-refractivity contribution < 1.29 is 14.3 Å². The highest BCUT2D eigenvalue weighted by Crippen LogP contribution is 2.12. The van der Waals surface area contributed by atoms with Gasteiger partial charge in [0.15, 0.2) is 0 Å². The fraction of sp³-hybridized carbons (Fsp3) is 0.462. The van der Waals surface area contributed by atoms with Gasteiger partial charge in [-0.2, -0.15) is 0 Å². The van der Waals surface area contributed by atoms with Gasteiger partial charge in [-0.1, -0.05) is 12.1 Å². The Morgan fingerprint density at radius 2 is 2.21 bits per heavy atom. The molecule has 0 aromatic heterocycles. The van der Waals surface area contributed by atoms with Crippen LogP contribution in [0.1, 0.15) is 12.5 Å². The van der Waals surface area contributed by atoms with Gasteiger partial charge >= 0.3 is 0 Å². The number of nitrogens with two attached hydrogens (primary N) is 1. The Kier molecular flexibility index (Phi) is 8.95. The summed E-state index contributed by atoms with van der Waals surface area (Å²) in [6, 6.07) is 6.95. The van der Waals surface area contributed by atoms with Crippen LogP contribution in [0.4, 0.5) is 0 Å². The first-order valence-corrected chi connectivity index (χ1v) is 5.91. The number of hydrogen-bond acceptors (Lipinski definition) is 4. The van der Waals surface area contributed by atoms with Crippen molar-refractivity contribution >= 4 is 18.3 Å². The lowest BCUT2D eigenvalue weighted by Crippen LogP contribution is -2.43. The second kappa shape index (κ2) is 9.61. The van der Waals surface area contributed by atoms with E-state index in [-0.39, 0.29) is 24.9 Å². The Bertz CT molecular complexity index is 388. The standard InChI is InChI=1S/C13H20N2O3.ClH/c1-3-18-11-6-4-5-10(7-11)8-15-13(16)12(14)9-17-2;/h4-7,12H,3,8-9,14H2,1-2H3,(H,15,16);1H. The Balaban J connectivity index is 0.00000324. The van der Waals surface area contributed by atoms with Gasteiger partial charge < -0.3 is 20.5 Å². The highest BCUT2D eigenvalue weighted by atomic mass is 35.5. The van der Waals surface area contributed by atoms with E-state index < -0.39 is 6.04 Å². The Labute approximate surface area is 119 Å². The van der Waals surface area contributed by atoms with E-state index in [4.69, 9.17) is 15.2 Å². The Morgan fingerprint density at radius 3 is 2.84 bits per heavy atom. The van der Waals surface area contributed by atoms with Crippen LogP contribution < -0.4 is 15.8 Å². The number of nitrogens with one attached hydrogen (secondary N) is 1. The van der Waals surface area contributed by atoms with E-state index in [1.165, 1.54) is 7.11 Å². The highest BCUT2D eigenvalue weighted by molar-refractivity contribution is 5.85. The summed E-state index contributed by atoms with van der Waals surface area (Å²) in [6.07, 6.45) is 0. The quantitative estimate of drug-likeness (QED) is 0.788. The van der Waals surface area contributed by atoms with E-state index in [1.54, 1.807) is 0 Å². The predicted molar refractivity (Wildman–Crippen MR) is 76.6 cm³/mol. The summed E-state index contributed by atoms with van der Waals surface area (Å²) in [6.45, 7) is 3.19. The van der Waals surface area contributed by atoms with Crippen LogP contribution in [0.25, 0.3) is 0 Å². The van der Waals surface area contributed by atoms with Crippen LogP contribution in [0.2, 0.25) is 0 Å². The van der Waals surface area contributed by atoms with Crippen molar-refractivity contribution in [3.05, 3.63) is 29.8 Å². The van der Waals surface area contributed by atoms with E-state index >= 15 is 0 Å². The lowest BCUT2D eigenvalue weighted by Gasteiger charge is -2.11. The number of halogens is 1. The van der Waals surface area contributed by atoms with Crippen LogP contribution in [0.15, 0.2) is 24.3 Å². The molecule has 0 spiro atoms. The van der Waals surface area contributed by atoms with Gasteiger partial charge in [0.1, 0.15) is 11.8 Å². The maximum absolute atomic E-state index is 11.6. The summed E-state index contributed by atoms with van der Waals surface area (Å²) in [7, 11) is 1.51. The lowest BCUT2D eigenvalue weighted by molar-refractivity contribution is -0.123. The minimum absolute atomic E-state index is 0. The maximum atomic E-state index is 11.6. The fourth-order valence-electron chi connectivity index (χ4n) is 1.49. The lowest BCUT2D eigenvalue weighted by atomic mass is 10.2. The average Bonchev–Trinajstić information content (AvgIpc) is 2.37. The summed E-state index contributed by atoms with van der Waals surface area (Å²) in [5.41, 5.74) is 6.58. The van der Waals surface area contributed by atoms with Crippen LogP contribution in [-0.4, -0.2) is 32.3 Å². The minimum atomic E-state index is -0.634. The van der Waals surface area contributed by atoms with Gasteiger partial charge in [-0.3, -0.25) is 4.79 Å². The van der Waals surface area contributed by atoms with Crippen molar-refractivity contribution in [1.29, 1.82) is 0 Å². The molecule has 0 bridgehead atoms. The van der Waals surface area contributed by atoms with Crippen LogP contribution in [-0.2, 0) is 16.1 Å². The SMILES string of the molecule is CCOc1cccc(CNC(=O)C(N)COC)c1.Cl. The topological polar surface area (TPSA) is 73.6 Å². The molecule has 1 unspecified atom stereocenters. The van der Waals surface area contributed by atoms with Gasteiger partial charge in [-0.25, -0.2) is 0 Å². The minimum Gasteiger partial charge on any atom is -0.494 e. The zero-order chi connectivity index (χ0) is 13.4. The first-order valence-electron chi connectivity index (χ1n) is 5.91. The average molecular weight is 289 g/mol. The molecule has 0 aliphatic carbocycles. The molecule has 5 nitrogen and oxygen atoms in total. The molecule has 0 aliphatic heterocycles. The van der Waals surface area contributed by atoms with Crippen LogP contribution in [0.3, 0.4) is 0 Å². The summed E-state index contributed by atoms with van der Waals surface area (Å²) in [5.74, 6) is 0.573. The molecule has 0 saturated heterocycles. The van der Waals surface area contributed by atoms with Crippen molar-refractivity contribution in [2.75, 3.05) is 20.3 Å². The van der Waals surface area contributed by atoms with Gasteiger partial charge in [-0.05, 0) is 24.6 Å². The molecule has 1 aromatic rings. The summed E-state index contributed by atoms with van der Waals surface area (Å²) < 4.78 is 10.2. The van der Waals surface area contributed by atoms with Gasteiger partial charge in [0.2, 0.25) is 5.91 Å². The van der Waals surface area contributed by atoms with Crippen LogP contribution in [0, 0.1) is 0 Å². The van der Waals surface area contributed by atoms with E-state index in [9.17, 15) is 4.79 Å². The molecule has 1 atom stereocenters. The summed E-state index contributed by atoms with van der Waals surface area (Å²) in [5, 5.41) is 2.75. The molecule has 0 saturated carbocycles. The molecular weight excluding hydrogens is 268 g/mol. The molecule has 6 heteroatoms. The van der Waals surface area contributed by atoms with Crippen LogP contribution in [0.5, 0.6) is 5.75 Å². The molecule has 1 rings (SSSR count). The third-order valence-electron chi connectivity index (χ3n) is 2.36. The number of hydrogen-bond donors (Lipinski definition) is 2. The third-order valence-corrected chi connectivity index (χ3v) is 2.36. The summed E-state index contributed by atoms with van der Waals surface area (Å²) in [4.78, 5) is 11.6. The molecule has 0 radical (unpaired) electrons. The highest BCUT2D eigenvalue weighted by Gasteiger charge is 2.12. The number of benzene rings is 1. The van der Waals surface area contributed by atoms with E-state index in [0.717, 1.165) is 11.3 Å². The van der Waals surface area contributed by atoms with Crippen molar-refractivity contribution in [2.45, 2.75) is 19.5 Å². The molecule has 0 fully saturated rings. The summed E-state index contributed by atoms with van der Waals surface area (Å²) >= 11 is 0.